The van der Waals surface area contributed by atoms with Crippen molar-refractivity contribution < 1.29 is 9.47 Å². The van der Waals surface area contributed by atoms with Crippen molar-refractivity contribution in [2.75, 3.05) is 33.5 Å². The lowest BCUT2D eigenvalue weighted by Gasteiger charge is -2.04. The Morgan fingerprint density at radius 2 is 2.25 bits per heavy atom. The highest BCUT2D eigenvalue weighted by atomic mass is 16.5. The molecule has 0 saturated heterocycles. The fraction of sp³-hybridized carbons (Fsp3) is 0.533. The monoisotopic (exact) mass is 277 g/mol. The van der Waals surface area contributed by atoms with E-state index in [0.717, 1.165) is 38.5 Å². The van der Waals surface area contributed by atoms with Crippen molar-refractivity contribution in [3.05, 3.63) is 30.1 Å². The molecule has 0 unspecified atom stereocenters. The average Bonchev–Trinajstić information content (AvgIpc) is 2.83. The number of rotatable bonds is 9. The van der Waals surface area contributed by atoms with Crippen LogP contribution in [-0.4, -0.2) is 43.0 Å². The molecule has 2 aromatic rings. The minimum absolute atomic E-state index is 0.716. The van der Waals surface area contributed by atoms with Gasteiger partial charge >= 0.3 is 0 Å². The van der Waals surface area contributed by atoms with Crippen LogP contribution in [0.25, 0.3) is 11.0 Å². The van der Waals surface area contributed by atoms with E-state index in [-0.39, 0.29) is 0 Å². The summed E-state index contributed by atoms with van der Waals surface area (Å²) in [4.78, 5) is 4.48. The molecule has 0 aliphatic heterocycles. The van der Waals surface area contributed by atoms with Gasteiger partial charge in [0.2, 0.25) is 0 Å². The minimum atomic E-state index is 0.716. The summed E-state index contributed by atoms with van der Waals surface area (Å²) in [5.74, 6) is 0. The maximum Gasteiger partial charge on any atom is 0.140 e. The van der Waals surface area contributed by atoms with Crippen LogP contribution < -0.4 is 5.32 Å². The van der Waals surface area contributed by atoms with Gasteiger partial charge in [0.05, 0.1) is 13.2 Å². The highest BCUT2D eigenvalue weighted by Crippen LogP contribution is 2.19. The van der Waals surface area contributed by atoms with E-state index in [2.05, 4.69) is 27.1 Å². The summed E-state index contributed by atoms with van der Waals surface area (Å²) >= 11 is 0. The van der Waals surface area contributed by atoms with Gasteiger partial charge in [-0.3, -0.25) is 0 Å². The van der Waals surface area contributed by atoms with E-state index >= 15 is 0 Å². The van der Waals surface area contributed by atoms with Crippen LogP contribution in [0.4, 0.5) is 0 Å². The van der Waals surface area contributed by atoms with Crippen molar-refractivity contribution in [2.24, 2.45) is 0 Å². The first-order chi connectivity index (χ1) is 9.86. The molecular weight excluding hydrogens is 254 g/mol. The molecule has 0 aromatic carbocycles. The number of aromatic nitrogens is 2. The summed E-state index contributed by atoms with van der Waals surface area (Å²) in [6.07, 6.45) is 4.00. The SMILES string of the molecule is CCOCCn1cc(CNCCOC)c2cccnc21. The second-order valence-electron chi connectivity index (χ2n) is 4.59. The molecule has 0 aliphatic carbocycles. The summed E-state index contributed by atoms with van der Waals surface area (Å²) in [6, 6.07) is 4.10. The van der Waals surface area contributed by atoms with Crippen LogP contribution in [0.3, 0.4) is 0 Å². The van der Waals surface area contributed by atoms with Gasteiger partial charge in [0.15, 0.2) is 0 Å². The summed E-state index contributed by atoms with van der Waals surface area (Å²) in [5.41, 5.74) is 2.29. The summed E-state index contributed by atoms with van der Waals surface area (Å²) in [7, 11) is 1.71. The summed E-state index contributed by atoms with van der Waals surface area (Å²) < 4.78 is 12.6. The first kappa shape index (κ1) is 15.0. The number of nitrogens with one attached hydrogen (secondary N) is 1. The van der Waals surface area contributed by atoms with Gasteiger partial charge in [0.25, 0.3) is 0 Å². The minimum Gasteiger partial charge on any atom is -0.383 e. The maximum absolute atomic E-state index is 5.43. The summed E-state index contributed by atoms with van der Waals surface area (Å²) in [6.45, 7) is 6.71. The van der Waals surface area contributed by atoms with Gasteiger partial charge in [0.1, 0.15) is 5.65 Å². The van der Waals surface area contributed by atoms with E-state index in [9.17, 15) is 0 Å². The molecule has 0 radical (unpaired) electrons. The molecule has 0 aliphatic rings. The third-order valence-electron chi connectivity index (χ3n) is 3.20. The van der Waals surface area contributed by atoms with Crippen molar-refractivity contribution in [2.45, 2.75) is 20.0 Å². The van der Waals surface area contributed by atoms with Crippen molar-refractivity contribution in [1.29, 1.82) is 0 Å². The molecule has 2 heterocycles. The molecule has 2 rings (SSSR count). The molecule has 0 amide bonds. The van der Waals surface area contributed by atoms with E-state index < -0.39 is 0 Å². The molecule has 20 heavy (non-hydrogen) atoms. The van der Waals surface area contributed by atoms with E-state index in [1.807, 2.05) is 19.2 Å². The second-order valence-corrected chi connectivity index (χ2v) is 4.59. The van der Waals surface area contributed by atoms with Gasteiger partial charge in [0, 0.05) is 51.1 Å². The number of fused-ring (bicyclic) bond motifs is 1. The van der Waals surface area contributed by atoms with Crippen LogP contribution >= 0.6 is 0 Å². The van der Waals surface area contributed by atoms with Crippen LogP contribution in [0.15, 0.2) is 24.5 Å². The first-order valence-corrected chi connectivity index (χ1v) is 7.07. The zero-order chi connectivity index (χ0) is 14.2. The number of hydrogen-bond donors (Lipinski definition) is 1. The molecule has 0 fully saturated rings. The van der Waals surface area contributed by atoms with E-state index in [1.54, 1.807) is 7.11 Å². The Hall–Kier alpha value is -1.43. The Kier molecular flexibility index (Phi) is 5.98. The van der Waals surface area contributed by atoms with Crippen LogP contribution in [-0.2, 0) is 22.6 Å². The van der Waals surface area contributed by atoms with E-state index in [1.165, 1.54) is 10.9 Å². The lowest BCUT2D eigenvalue weighted by Crippen LogP contribution is -2.18. The van der Waals surface area contributed by atoms with Gasteiger partial charge in [-0.25, -0.2) is 4.98 Å². The molecule has 0 spiro atoms. The Morgan fingerprint density at radius 3 is 3.05 bits per heavy atom. The van der Waals surface area contributed by atoms with Crippen LogP contribution in [0.2, 0.25) is 0 Å². The van der Waals surface area contributed by atoms with Gasteiger partial charge in [-0.15, -0.1) is 0 Å². The number of methoxy groups -OCH3 is 1. The van der Waals surface area contributed by atoms with Gasteiger partial charge in [-0.05, 0) is 24.6 Å². The van der Waals surface area contributed by atoms with Gasteiger partial charge in [-0.2, -0.15) is 0 Å². The predicted molar refractivity (Wildman–Crippen MR) is 79.8 cm³/mol. The smallest absolute Gasteiger partial charge is 0.140 e. The number of ether oxygens (including phenoxy) is 2. The Balaban J connectivity index is 2.09. The van der Waals surface area contributed by atoms with E-state index in [4.69, 9.17) is 9.47 Å². The maximum atomic E-state index is 5.43. The number of pyridine rings is 1. The predicted octanol–water partition coefficient (Wildman–Crippen LogP) is 1.81. The third kappa shape index (κ3) is 3.79. The van der Waals surface area contributed by atoms with Crippen molar-refractivity contribution in [3.63, 3.8) is 0 Å². The van der Waals surface area contributed by atoms with Gasteiger partial charge in [-0.1, -0.05) is 0 Å². The highest BCUT2D eigenvalue weighted by molar-refractivity contribution is 5.80. The first-order valence-electron chi connectivity index (χ1n) is 7.07. The number of hydrogen-bond acceptors (Lipinski definition) is 4. The quantitative estimate of drug-likeness (QED) is 0.710. The Labute approximate surface area is 119 Å². The largest absolute Gasteiger partial charge is 0.383 e. The summed E-state index contributed by atoms with van der Waals surface area (Å²) in [5, 5.41) is 4.58. The molecule has 110 valence electrons. The molecule has 1 N–H and O–H groups in total. The van der Waals surface area contributed by atoms with Crippen molar-refractivity contribution in [3.8, 4) is 0 Å². The lowest BCUT2D eigenvalue weighted by molar-refractivity contribution is 0.140. The van der Waals surface area contributed by atoms with Crippen molar-refractivity contribution >= 4 is 11.0 Å². The zero-order valence-electron chi connectivity index (χ0n) is 12.3. The molecule has 0 bridgehead atoms. The molecule has 5 heteroatoms. The molecular formula is C15H23N3O2. The van der Waals surface area contributed by atoms with Crippen LogP contribution in [0.1, 0.15) is 12.5 Å². The topological polar surface area (TPSA) is 48.3 Å². The van der Waals surface area contributed by atoms with Crippen LogP contribution in [0.5, 0.6) is 0 Å². The second kappa shape index (κ2) is 7.99. The molecule has 0 atom stereocenters. The third-order valence-corrected chi connectivity index (χ3v) is 3.20. The molecule has 0 saturated carbocycles. The zero-order valence-corrected chi connectivity index (χ0v) is 12.3. The van der Waals surface area contributed by atoms with Crippen molar-refractivity contribution in [1.82, 2.24) is 14.9 Å². The lowest BCUT2D eigenvalue weighted by atomic mass is 10.2. The molecule has 2 aromatic heterocycles. The Bertz CT molecular complexity index is 525. The Morgan fingerprint density at radius 1 is 1.35 bits per heavy atom. The average molecular weight is 277 g/mol. The van der Waals surface area contributed by atoms with Gasteiger partial charge < -0.3 is 19.4 Å². The normalized spacial score (nSPS) is 11.3. The van der Waals surface area contributed by atoms with E-state index in [0.29, 0.717) is 6.61 Å². The standard InChI is InChI=1S/C15H23N3O2/c1-3-20-10-8-18-12-13(11-16-7-9-19-2)14-5-4-6-17-15(14)18/h4-6,12,16H,3,7-11H2,1-2H3. The van der Waals surface area contributed by atoms with Crippen LogP contribution in [0, 0.1) is 0 Å². The fourth-order valence-corrected chi connectivity index (χ4v) is 2.21. The molecule has 5 nitrogen and oxygen atoms in total. The number of nitrogens with zero attached hydrogens (tertiary/aromatic N) is 2. The fourth-order valence-electron chi connectivity index (χ4n) is 2.21. The highest BCUT2D eigenvalue weighted by Gasteiger charge is 2.08.